The lowest BCUT2D eigenvalue weighted by atomic mass is 10.1. The van der Waals surface area contributed by atoms with E-state index in [1.54, 1.807) is 22.9 Å². The average molecular weight is 401 g/mol. The predicted molar refractivity (Wildman–Crippen MR) is 92.5 cm³/mol. The van der Waals surface area contributed by atoms with Gasteiger partial charge in [-0.2, -0.15) is 0 Å². The van der Waals surface area contributed by atoms with Crippen LogP contribution < -0.4 is 18.9 Å². The van der Waals surface area contributed by atoms with Crippen LogP contribution in [-0.2, 0) is 16.6 Å². The molecule has 1 amide bonds. The minimum absolute atomic E-state index is 0.161. The van der Waals surface area contributed by atoms with Gasteiger partial charge in [0.1, 0.15) is 23.9 Å². The van der Waals surface area contributed by atoms with Crippen molar-refractivity contribution >= 4 is 15.9 Å². The number of rotatable bonds is 7. The number of benzene rings is 2. The predicted octanol–water partition coefficient (Wildman–Crippen LogP) is 2.25. The third-order valence-corrected chi connectivity index (χ3v) is 3.97. The van der Waals surface area contributed by atoms with Gasteiger partial charge in [0, 0.05) is 11.6 Å². The molecule has 0 heterocycles. The van der Waals surface area contributed by atoms with Crippen molar-refractivity contribution in [1.82, 2.24) is 4.72 Å². The maximum Gasteiger partial charge on any atom is 0.267 e. The highest BCUT2D eigenvalue weighted by Gasteiger charge is 2.20. The van der Waals surface area contributed by atoms with Crippen molar-refractivity contribution in [3.05, 3.63) is 53.1 Å². The van der Waals surface area contributed by atoms with E-state index in [1.165, 1.54) is 14.2 Å². The molecule has 0 atom stereocenters. The van der Waals surface area contributed by atoms with Crippen molar-refractivity contribution in [3.8, 4) is 17.2 Å². The van der Waals surface area contributed by atoms with E-state index in [2.05, 4.69) is 0 Å². The fourth-order valence-corrected chi connectivity index (χ4v) is 2.63. The van der Waals surface area contributed by atoms with Crippen LogP contribution in [-0.4, -0.2) is 34.8 Å². The van der Waals surface area contributed by atoms with Crippen LogP contribution in [0.3, 0.4) is 0 Å². The Morgan fingerprint density at radius 3 is 2.33 bits per heavy atom. The van der Waals surface area contributed by atoms with Crippen molar-refractivity contribution in [2.45, 2.75) is 6.61 Å². The van der Waals surface area contributed by atoms with Crippen LogP contribution in [0.4, 0.5) is 8.78 Å². The number of methoxy groups -OCH3 is 2. The zero-order chi connectivity index (χ0) is 20.2. The highest BCUT2D eigenvalue weighted by atomic mass is 32.2. The number of sulfonamides is 1. The lowest BCUT2D eigenvalue weighted by Gasteiger charge is -2.13. The smallest absolute Gasteiger partial charge is 0.267 e. The van der Waals surface area contributed by atoms with Crippen LogP contribution in [0, 0.1) is 11.6 Å². The molecule has 10 heteroatoms. The second-order valence-corrected chi connectivity index (χ2v) is 7.18. The van der Waals surface area contributed by atoms with E-state index < -0.39 is 38.9 Å². The summed E-state index contributed by atoms with van der Waals surface area (Å²) in [5, 5.41) is 0. The van der Waals surface area contributed by atoms with Gasteiger partial charge in [-0.25, -0.2) is 21.9 Å². The summed E-state index contributed by atoms with van der Waals surface area (Å²) in [6, 6.07) is 6.14. The molecule has 0 aromatic heterocycles. The molecule has 0 radical (unpaired) electrons. The molecule has 0 unspecified atom stereocenters. The largest absolute Gasteiger partial charge is 0.497 e. The maximum absolute atomic E-state index is 14.2. The minimum Gasteiger partial charge on any atom is -0.497 e. The van der Waals surface area contributed by atoms with Gasteiger partial charge in [-0.3, -0.25) is 4.79 Å². The highest BCUT2D eigenvalue weighted by Crippen LogP contribution is 2.27. The van der Waals surface area contributed by atoms with Gasteiger partial charge < -0.3 is 14.2 Å². The van der Waals surface area contributed by atoms with Gasteiger partial charge in [-0.05, 0) is 24.3 Å². The molecule has 0 aliphatic carbocycles. The van der Waals surface area contributed by atoms with Gasteiger partial charge in [0.05, 0.1) is 26.0 Å². The zero-order valence-electron chi connectivity index (χ0n) is 14.7. The van der Waals surface area contributed by atoms with E-state index >= 15 is 0 Å². The molecule has 0 aliphatic heterocycles. The Hall–Kier alpha value is -2.88. The molecule has 27 heavy (non-hydrogen) atoms. The molecule has 146 valence electrons. The molecule has 2 aromatic carbocycles. The Morgan fingerprint density at radius 2 is 1.74 bits per heavy atom. The van der Waals surface area contributed by atoms with Crippen molar-refractivity contribution in [2.75, 3.05) is 20.5 Å². The second kappa shape index (κ2) is 8.21. The topological polar surface area (TPSA) is 90.9 Å². The summed E-state index contributed by atoms with van der Waals surface area (Å²) in [7, 11) is -0.998. The van der Waals surface area contributed by atoms with Gasteiger partial charge in [0.25, 0.3) is 5.91 Å². The molecule has 0 spiro atoms. The molecular weight excluding hydrogens is 384 g/mol. The highest BCUT2D eigenvalue weighted by molar-refractivity contribution is 7.89. The van der Waals surface area contributed by atoms with Crippen molar-refractivity contribution in [1.29, 1.82) is 0 Å². The van der Waals surface area contributed by atoms with Crippen molar-refractivity contribution in [3.63, 3.8) is 0 Å². The molecule has 0 bridgehead atoms. The lowest BCUT2D eigenvalue weighted by Crippen LogP contribution is -2.30. The monoisotopic (exact) mass is 401 g/mol. The van der Waals surface area contributed by atoms with E-state index in [-0.39, 0.29) is 6.61 Å². The molecular formula is C17H17F2NO6S. The fraction of sp³-hybridized carbons (Fsp3) is 0.235. The number of carbonyl (C=O) groups excluding carboxylic acids is 1. The lowest BCUT2D eigenvalue weighted by molar-refractivity contribution is 0.0977. The first-order chi connectivity index (χ1) is 12.6. The molecule has 0 saturated carbocycles. The van der Waals surface area contributed by atoms with Crippen LogP contribution in [0.2, 0.25) is 0 Å². The third kappa shape index (κ3) is 5.30. The number of halogens is 2. The van der Waals surface area contributed by atoms with Gasteiger partial charge in [0.2, 0.25) is 10.0 Å². The summed E-state index contributed by atoms with van der Waals surface area (Å²) in [4.78, 5) is 11.7. The van der Waals surface area contributed by atoms with Gasteiger partial charge in [0.15, 0.2) is 11.6 Å². The molecule has 0 aliphatic rings. The number of hydrogen-bond acceptors (Lipinski definition) is 6. The normalized spacial score (nSPS) is 11.0. The Kier molecular flexibility index (Phi) is 6.21. The maximum atomic E-state index is 14.2. The van der Waals surface area contributed by atoms with Crippen LogP contribution in [0.1, 0.15) is 15.9 Å². The molecule has 2 rings (SSSR count). The zero-order valence-corrected chi connectivity index (χ0v) is 15.5. The Bertz CT molecular complexity index is 962. The van der Waals surface area contributed by atoms with Gasteiger partial charge in [-0.1, -0.05) is 0 Å². The van der Waals surface area contributed by atoms with Crippen molar-refractivity contribution in [2.24, 2.45) is 0 Å². The Balaban J connectivity index is 2.24. The summed E-state index contributed by atoms with van der Waals surface area (Å²) >= 11 is 0. The van der Waals surface area contributed by atoms with Gasteiger partial charge in [-0.15, -0.1) is 0 Å². The number of hydrogen-bond donors (Lipinski definition) is 1. The molecule has 1 N–H and O–H groups in total. The fourth-order valence-electron chi connectivity index (χ4n) is 2.19. The summed E-state index contributed by atoms with van der Waals surface area (Å²) in [5.74, 6) is -2.92. The summed E-state index contributed by atoms with van der Waals surface area (Å²) < 4.78 is 67.5. The average Bonchev–Trinajstić information content (AvgIpc) is 2.60. The molecule has 7 nitrogen and oxygen atoms in total. The Morgan fingerprint density at radius 1 is 1.04 bits per heavy atom. The number of ether oxygens (including phenoxy) is 3. The van der Waals surface area contributed by atoms with Crippen LogP contribution in [0.5, 0.6) is 17.2 Å². The summed E-state index contributed by atoms with van der Waals surface area (Å²) in [6.45, 7) is -0.161. The first kappa shape index (κ1) is 20.4. The van der Waals surface area contributed by atoms with E-state index in [9.17, 15) is 22.0 Å². The van der Waals surface area contributed by atoms with Crippen LogP contribution >= 0.6 is 0 Å². The van der Waals surface area contributed by atoms with Crippen LogP contribution in [0.15, 0.2) is 30.3 Å². The van der Waals surface area contributed by atoms with Crippen molar-refractivity contribution < 1.29 is 36.2 Å². The summed E-state index contributed by atoms with van der Waals surface area (Å²) in [5.41, 5.74) is -0.236. The molecule has 0 saturated heterocycles. The van der Waals surface area contributed by atoms with E-state index in [4.69, 9.17) is 14.2 Å². The van der Waals surface area contributed by atoms with E-state index in [0.717, 1.165) is 6.26 Å². The molecule has 2 aromatic rings. The second-order valence-electron chi connectivity index (χ2n) is 5.43. The number of amides is 1. The molecule has 0 fully saturated rings. The van der Waals surface area contributed by atoms with E-state index in [1.807, 2.05) is 0 Å². The van der Waals surface area contributed by atoms with E-state index in [0.29, 0.717) is 29.2 Å². The SMILES string of the molecule is COc1ccc(OC)c(COc2cc(F)c(C(=O)NS(C)(=O)=O)cc2F)c1. The minimum atomic E-state index is -3.92. The van der Waals surface area contributed by atoms with Gasteiger partial charge >= 0.3 is 0 Å². The quantitative estimate of drug-likeness (QED) is 0.765. The first-order valence-corrected chi connectivity index (χ1v) is 9.38. The Labute approximate surface area is 154 Å². The standard InChI is InChI=1S/C17H17F2NO6S/c1-24-11-4-5-15(25-2)10(6-11)9-26-16-8-13(18)12(7-14(16)19)17(21)20-27(3,22)23/h4-8H,9H2,1-3H3,(H,20,21). The third-order valence-electron chi connectivity index (χ3n) is 3.42. The number of carbonyl (C=O) groups is 1. The van der Waals surface area contributed by atoms with Crippen LogP contribution in [0.25, 0.3) is 0 Å². The summed E-state index contributed by atoms with van der Waals surface area (Å²) in [6.07, 6.45) is 0.720. The first-order valence-electron chi connectivity index (χ1n) is 7.49. The number of nitrogens with one attached hydrogen (secondary N) is 1.